The summed E-state index contributed by atoms with van der Waals surface area (Å²) < 4.78 is 11.0. The molecule has 132 valence electrons. The molecule has 25 heavy (non-hydrogen) atoms. The smallest absolute Gasteiger partial charge is 0.231 e. The van der Waals surface area contributed by atoms with Gasteiger partial charge in [0.25, 0.3) is 0 Å². The number of nitrogens with zero attached hydrogens (tertiary/aromatic N) is 2. The van der Waals surface area contributed by atoms with E-state index in [0.29, 0.717) is 6.79 Å². The molecule has 1 N–H and O–H groups in total. The minimum Gasteiger partial charge on any atom is -0.454 e. The Morgan fingerprint density at radius 2 is 2.20 bits per heavy atom. The molecule has 3 heterocycles. The van der Waals surface area contributed by atoms with E-state index in [1.54, 1.807) is 0 Å². The van der Waals surface area contributed by atoms with Gasteiger partial charge in [0, 0.05) is 37.9 Å². The molecule has 0 bridgehead atoms. The number of aromatic nitrogens is 1. The summed E-state index contributed by atoms with van der Waals surface area (Å²) in [7, 11) is 0. The molecule has 1 unspecified atom stereocenters. The van der Waals surface area contributed by atoms with Crippen LogP contribution in [0.3, 0.4) is 0 Å². The molecule has 0 radical (unpaired) electrons. The quantitative estimate of drug-likeness (QED) is 0.905. The molecule has 2 aliphatic rings. The van der Waals surface area contributed by atoms with Gasteiger partial charge in [0.15, 0.2) is 11.5 Å². The SMILES string of the molecule is CC1CCCN(c2cc(CNCc3cccc4c3OCO4)ccn2)C1. The number of fused-ring (bicyclic) bond motifs is 1. The molecule has 0 saturated carbocycles. The van der Waals surface area contributed by atoms with Crippen molar-refractivity contribution >= 4 is 5.82 Å². The van der Waals surface area contributed by atoms with E-state index in [1.165, 1.54) is 18.4 Å². The van der Waals surface area contributed by atoms with E-state index in [-0.39, 0.29) is 0 Å². The van der Waals surface area contributed by atoms with Gasteiger partial charge in [-0.05, 0) is 42.5 Å². The first-order chi connectivity index (χ1) is 12.3. The summed E-state index contributed by atoms with van der Waals surface area (Å²) in [5, 5.41) is 3.50. The van der Waals surface area contributed by atoms with Gasteiger partial charge in [0.2, 0.25) is 6.79 Å². The summed E-state index contributed by atoms with van der Waals surface area (Å²) in [4.78, 5) is 6.98. The van der Waals surface area contributed by atoms with Crippen molar-refractivity contribution in [3.05, 3.63) is 47.7 Å². The summed E-state index contributed by atoms with van der Waals surface area (Å²) in [5.74, 6) is 3.56. The first kappa shape index (κ1) is 16.2. The van der Waals surface area contributed by atoms with Crippen LogP contribution in [0.4, 0.5) is 5.82 Å². The second kappa shape index (κ2) is 7.31. The van der Waals surface area contributed by atoms with Crippen molar-refractivity contribution in [2.75, 3.05) is 24.8 Å². The Kier molecular flexibility index (Phi) is 4.74. The number of ether oxygens (including phenoxy) is 2. The number of benzene rings is 1. The van der Waals surface area contributed by atoms with E-state index in [9.17, 15) is 0 Å². The summed E-state index contributed by atoms with van der Waals surface area (Å²) in [6.45, 7) is 6.42. The second-order valence-electron chi connectivity index (χ2n) is 6.97. The Labute approximate surface area is 149 Å². The van der Waals surface area contributed by atoms with E-state index in [1.807, 2.05) is 18.3 Å². The van der Waals surface area contributed by atoms with Crippen LogP contribution >= 0.6 is 0 Å². The Morgan fingerprint density at radius 3 is 3.12 bits per heavy atom. The maximum absolute atomic E-state index is 5.56. The van der Waals surface area contributed by atoms with Crippen LogP contribution in [-0.4, -0.2) is 24.9 Å². The Balaban J connectivity index is 1.37. The summed E-state index contributed by atoms with van der Waals surface area (Å²) in [5.41, 5.74) is 2.39. The van der Waals surface area contributed by atoms with Gasteiger partial charge < -0.3 is 19.7 Å². The van der Waals surface area contributed by atoms with E-state index in [0.717, 1.165) is 55.0 Å². The van der Waals surface area contributed by atoms with Gasteiger partial charge in [-0.1, -0.05) is 19.1 Å². The fourth-order valence-electron chi connectivity index (χ4n) is 3.61. The third kappa shape index (κ3) is 3.71. The molecule has 1 saturated heterocycles. The lowest BCUT2D eigenvalue weighted by molar-refractivity contribution is 0.173. The van der Waals surface area contributed by atoms with Gasteiger partial charge in [-0.25, -0.2) is 4.98 Å². The van der Waals surface area contributed by atoms with Gasteiger partial charge in [0.05, 0.1) is 0 Å². The predicted octanol–water partition coefficient (Wildman–Crippen LogP) is 3.34. The first-order valence-corrected chi connectivity index (χ1v) is 9.07. The van der Waals surface area contributed by atoms with E-state index >= 15 is 0 Å². The molecule has 5 heteroatoms. The lowest BCUT2D eigenvalue weighted by Crippen LogP contribution is -2.34. The van der Waals surface area contributed by atoms with Crippen LogP contribution in [0.1, 0.15) is 30.9 Å². The third-order valence-corrected chi connectivity index (χ3v) is 4.91. The van der Waals surface area contributed by atoms with E-state index in [4.69, 9.17) is 9.47 Å². The van der Waals surface area contributed by atoms with E-state index < -0.39 is 0 Å². The van der Waals surface area contributed by atoms with Crippen LogP contribution in [-0.2, 0) is 13.1 Å². The fourth-order valence-corrected chi connectivity index (χ4v) is 3.61. The molecule has 0 amide bonds. The zero-order chi connectivity index (χ0) is 17.1. The van der Waals surface area contributed by atoms with Crippen molar-refractivity contribution in [2.24, 2.45) is 5.92 Å². The van der Waals surface area contributed by atoms with Crippen molar-refractivity contribution in [3.63, 3.8) is 0 Å². The third-order valence-electron chi connectivity index (χ3n) is 4.91. The molecule has 2 aliphatic heterocycles. The van der Waals surface area contributed by atoms with Gasteiger partial charge in [-0.3, -0.25) is 0 Å². The average molecular weight is 339 g/mol. The lowest BCUT2D eigenvalue weighted by atomic mass is 10.0. The van der Waals surface area contributed by atoms with Crippen LogP contribution in [0.25, 0.3) is 0 Å². The highest BCUT2D eigenvalue weighted by molar-refractivity contribution is 5.48. The van der Waals surface area contributed by atoms with Crippen LogP contribution in [0, 0.1) is 5.92 Å². The molecular formula is C20H25N3O2. The van der Waals surface area contributed by atoms with Crippen molar-refractivity contribution in [1.82, 2.24) is 10.3 Å². The molecule has 1 aromatic heterocycles. The molecule has 5 nitrogen and oxygen atoms in total. The van der Waals surface area contributed by atoms with Gasteiger partial charge in [-0.15, -0.1) is 0 Å². The van der Waals surface area contributed by atoms with Crippen LogP contribution in [0.2, 0.25) is 0 Å². The van der Waals surface area contributed by atoms with Crippen molar-refractivity contribution in [1.29, 1.82) is 0 Å². The van der Waals surface area contributed by atoms with E-state index in [2.05, 4.69) is 40.3 Å². The molecule has 1 atom stereocenters. The highest BCUT2D eigenvalue weighted by atomic mass is 16.7. The van der Waals surface area contributed by atoms with Crippen LogP contribution in [0.15, 0.2) is 36.5 Å². The van der Waals surface area contributed by atoms with Crippen molar-refractivity contribution < 1.29 is 9.47 Å². The van der Waals surface area contributed by atoms with Crippen LogP contribution in [0.5, 0.6) is 11.5 Å². The maximum Gasteiger partial charge on any atom is 0.231 e. The Hall–Kier alpha value is -2.27. The van der Waals surface area contributed by atoms with Crippen molar-refractivity contribution in [3.8, 4) is 11.5 Å². The minimum absolute atomic E-state index is 0.314. The standard InChI is InChI=1S/C20H25N3O2/c1-15-4-3-9-23(13-15)19-10-16(7-8-22-19)11-21-12-17-5-2-6-18-20(17)25-14-24-18/h2,5-8,10,15,21H,3-4,9,11-14H2,1H3. The summed E-state index contributed by atoms with van der Waals surface area (Å²) in [6.07, 6.45) is 4.50. The highest BCUT2D eigenvalue weighted by Crippen LogP contribution is 2.35. The number of pyridine rings is 1. The molecule has 4 rings (SSSR count). The number of hydrogen-bond acceptors (Lipinski definition) is 5. The Bertz CT molecular complexity index is 735. The van der Waals surface area contributed by atoms with Gasteiger partial charge in [-0.2, -0.15) is 0 Å². The Morgan fingerprint density at radius 1 is 1.24 bits per heavy atom. The minimum atomic E-state index is 0.314. The normalized spacial score (nSPS) is 19.2. The largest absolute Gasteiger partial charge is 0.454 e. The average Bonchev–Trinajstić information content (AvgIpc) is 3.12. The summed E-state index contributed by atoms with van der Waals surface area (Å²) >= 11 is 0. The number of nitrogens with one attached hydrogen (secondary N) is 1. The van der Waals surface area contributed by atoms with Crippen molar-refractivity contribution in [2.45, 2.75) is 32.9 Å². The fraction of sp³-hybridized carbons (Fsp3) is 0.450. The summed E-state index contributed by atoms with van der Waals surface area (Å²) in [6, 6.07) is 10.3. The number of hydrogen-bond donors (Lipinski definition) is 1. The number of anilines is 1. The molecular weight excluding hydrogens is 314 g/mol. The number of piperidine rings is 1. The maximum atomic E-state index is 5.56. The molecule has 2 aromatic rings. The number of para-hydroxylation sites is 1. The molecule has 1 fully saturated rings. The molecule has 1 aromatic carbocycles. The van der Waals surface area contributed by atoms with Crippen LogP contribution < -0.4 is 19.7 Å². The zero-order valence-electron chi connectivity index (χ0n) is 14.7. The highest BCUT2D eigenvalue weighted by Gasteiger charge is 2.18. The lowest BCUT2D eigenvalue weighted by Gasteiger charge is -2.32. The second-order valence-corrected chi connectivity index (χ2v) is 6.97. The monoisotopic (exact) mass is 339 g/mol. The molecule has 0 aliphatic carbocycles. The zero-order valence-corrected chi connectivity index (χ0v) is 14.7. The topological polar surface area (TPSA) is 46.6 Å². The van der Waals surface area contributed by atoms with Gasteiger partial charge in [0.1, 0.15) is 5.82 Å². The molecule has 0 spiro atoms. The number of rotatable bonds is 5. The first-order valence-electron chi connectivity index (χ1n) is 9.07. The van der Waals surface area contributed by atoms with Gasteiger partial charge >= 0.3 is 0 Å². The predicted molar refractivity (Wildman–Crippen MR) is 98.0 cm³/mol.